The van der Waals surface area contributed by atoms with E-state index >= 15 is 0 Å². The number of carbonyl (C=O) groups is 1. The third kappa shape index (κ3) is 3.53. The summed E-state index contributed by atoms with van der Waals surface area (Å²) in [5.41, 5.74) is 0.352. The Bertz CT molecular complexity index is 553. The Morgan fingerprint density at radius 1 is 1.43 bits per heavy atom. The fourth-order valence-corrected chi connectivity index (χ4v) is 3.03. The fourth-order valence-electron chi connectivity index (χ4n) is 3.03. The number of aromatic nitrogens is 1. The van der Waals surface area contributed by atoms with E-state index in [2.05, 4.69) is 19.2 Å². The predicted octanol–water partition coefficient (Wildman–Crippen LogP) is 1.24. The van der Waals surface area contributed by atoms with Gasteiger partial charge in [0, 0.05) is 44.0 Å². The summed E-state index contributed by atoms with van der Waals surface area (Å²) in [6.45, 7) is 6.76. The highest BCUT2D eigenvalue weighted by Crippen LogP contribution is 2.21. The van der Waals surface area contributed by atoms with Gasteiger partial charge < -0.3 is 14.8 Å². The third-order valence-electron chi connectivity index (χ3n) is 4.36. The van der Waals surface area contributed by atoms with Crippen LogP contribution in [0.1, 0.15) is 37.0 Å². The lowest BCUT2D eigenvalue weighted by Gasteiger charge is -2.38. The van der Waals surface area contributed by atoms with Crippen molar-refractivity contribution in [3.8, 4) is 0 Å². The molecular formula is C16H25N3O2. The lowest BCUT2D eigenvalue weighted by Crippen LogP contribution is -2.51. The monoisotopic (exact) mass is 291 g/mol. The molecule has 0 bridgehead atoms. The summed E-state index contributed by atoms with van der Waals surface area (Å²) < 4.78 is 1.48. The molecule has 0 aromatic carbocycles. The number of aryl methyl sites for hydroxylation is 1. The molecular weight excluding hydrogens is 266 g/mol. The van der Waals surface area contributed by atoms with Crippen molar-refractivity contribution in [1.29, 1.82) is 0 Å². The van der Waals surface area contributed by atoms with Gasteiger partial charge >= 0.3 is 0 Å². The number of amides is 1. The van der Waals surface area contributed by atoms with E-state index in [9.17, 15) is 9.59 Å². The molecule has 0 aliphatic carbocycles. The quantitative estimate of drug-likeness (QED) is 0.908. The smallest absolute Gasteiger partial charge is 0.254 e. The molecule has 116 valence electrons. The van der Waals surface area contributed by atoms with Gasteiger partial charge in [0.1, 0.15) is 0 Å². The summed E-state index contributed by atoms with van der Waals surface area (Å²) >= 11 is 0. The van der Waals surface area contributed by atoms with E-state index in [0.29, 0.717) is 17.5 Å². The van der Waals surface area contributed by atoms with Crippen LogP contribution in [0.3, 0.4) is 0 Å². The van der Waals surface area contributed by atoms with Gasteiger partial charge in [-0.25, -0.2) is 0 Å². The SMILES string of the molecule is CCNC1CCN(C(=O)c2ccn(C)c(=O)c2)CC1CC. The second kappa shape index (κ2) is 6.89. The third-order valence-corrected chi connectivity index (χ3v) is 4.36. The summed E-state index contributed by atoms with van der Waals surface area (Å²) in [6.07, 6.45) is 3.68. The van der Waals surface area contributed by atoms with E-state index in [4.69, 9.17) is 0 Å². The summed E-state index contributed by atoms with van der Waals surface area (Å²) in [5, 5.41) is 3.51. The Labute approximate surface area is 126 Å². The predicted molar refractivity (Wildman–Crippen MR) is 83.4 cm³/mol. The van der Waals surface area contributed by atoms with E-state index in [0.717, 1.165) is 32.5 Å². The molecule has 2 heterocycles. The summed E-state index contributed by atoms with van der Waals surface area (Å²) in [6, 6.07) is 3.65. The average Bonchev–Trinajstić information content (AvgIpc) is 2.50. The standard InChI is InChI=1S/C16H25N3O2/c1-4-12-11-19(9-7-14(12)17-5-2)16(21)13-6-8-18(3)15(20)10-13/h6,8,10,12,14,17H,4-5,7,9,11H2,1-3H3. The zero-order valence-electron chi connectivity index (χ0n) is 13.1. The second-order valence-corrected chi connectivity index (χ2v) is 5.74. The van der Waals surface area contributed by atoms with Crippen molar-refractivity contribution < 1.29 is 4.79 Å². The molecule has 1 fully saturated rings. The lowest BCUT2D eigenvalue weighted by atomic mass is 9.89. The molecule has 1 N–H and O–H groups in total. The molecule has 1 aliphatic rings. The number of nitrogens with one attached hydrogen (secondary N) is 1. The molecule has 21 heavy (non-hydrogen) atoms. The first-order valence-electron chi connectivity index (χ1n) is 7.76. The van der Waals surface area contributed by atoms with Crippen molar-refractivity contribution in [2.24, 2.45) is 13.0 Å². The number of hydrogen-bond acceptors (Lipinski definition) is 3. The van der Waals surface area contributed by atoms with Crippen LogP contribution in [0.15, 0.2) is 23.1 Å². The van der Waals surface area contributed by atoms with E-state index < -0.39 is 0 Å². The molecule has 1 aromatic heterocycles. The number of rotatable bonds is 4. The maximum Gasteiger partial charge on any atom is 0.254 e. The zero-order valence-corrected chi connectivity index (χ0v) is 13.1. The van der Waals surface area contributed by atoms with Gasteiger partial charge in [-0.2, -0.15) is 0 Å². The van der Waals surface area contributed by atoms with Gasteiger partial charge in [0.05, 0.1) is 0 Å². The fraction of sp³-hybridized carbons (Fsp3) is 0.625. The van der Waals surface area contributed by atoms with Crippen LogP contribution >= 0.6 is 0 Å². The molecule has 0 radical (unpaired) electrons. The van der Waals surface area contributed by atoms with Gasteiger partial charge in [-0.3, -0.25) is 9.59 Å². The summed E-state index contributed by atoms with van der Waals surface area (Å²) in [7, 11) is 1.69. The minimum Gasteiger partial charge on any atom is -0.338 e. The topological polar surface area (TPSA) is 54.3 Å². The number of piperidine rings is 1. The van der Waals surface area contributed by atoms with Gasteiger partial charge in [0.2, 0.25) is 0 Å². The second-order valence-electron chi connectivity index (χ2n) is 5.74. The van der Waals surface area contributed by atoms with Crippen molar-refractivity contribution >= 4 is 5.91 Å². The average molecular weight is 291 g/mol. The zero-order chi connectivity index (χ0) is 15.4. The highest BCUT2D eigenvalue weighted by atomic mass is 16.2. The first kappa shape index (κ1) is 15.8. The first-order chi connectivity index (χ1) is 10.1. The molecule has 1 saturated heterocycles. The van der Waals surface area contributed by atoms with Crippen LogP contribution in [0.5, 0.6) is 0 Å². The van der Waals surface area contributed by atoms with E-state index in [1.54, 1.807) is 19.3 Å². The minimum absolute atomic E-state index is 0.0268. The van der Waals surface area contributed by atoms with Crippen molar-refractivity contribution in [2.45, 2.75) is 32.7 Å². The Kier molecular flexibility index (Phi) is 5.17. The summed E-state index contributed by atoms with van der Waals surface area (Å²) in [5.74, 6) is 0.454. The van der Waals surface area contributed by atoms with Gasteiger partial charge in [-0.1, -0.05) is 20.3 Å². The van der Waals surface area contributed by atoms with Gasteiger partial charge in [0.15, 0.2) is 0 Å². The molecule has 0 saturated carbocycles. The van der Waals surface area contributed by atoms with Crippen molar-refractivity contribution in [1.82, 2.24) is 14.8 Å². The molecule has 1 amide bonds. The van der Waals surface area contributed by atoms with Crippen LogP contribution in [0.2, 0.25) is 0 Å². The number of carbonyl (C=O) groups excluding carboxylic acids is 1. The molecule has 0 spiro atoms. The molecule has 2 unspecified atom stereocenters. The Morgan fingerprint density at radius 3 is 2.81 bits per heavy atom. The number of likely N-dealkylation sites (tertiary alicyclic amines) is 1. The maximum absolute atomic E-state index is 12.5. The van der Waals surface area contributed by atoms with E-state index in [1.807, 2.05) is 4.90 Å². The molecule has 5 heteroatoms. The van der Waals surface area contributed by atoms with E-state index in [1.165, 1.54) is 10.6 Å². The molecule has 1 aromatic rings. The number of nitrogens with zero attached hydrogens (tertiary/aromatic N) is 2. The maximum atomic E-state index is 12.5. The largest absolute Gasteiger partial charge is 0.338 e. The number of hydrogen-bond donors (Lipinski definition) is 1. The van der Waals surface area contributed by atoms with E-state index in [-0.39, 0.29) is 11.5 Å². The molecule has 1 aliphatic heterocycles. The van der Waals surface area contributed by atoms with Crippen LogP contribution < -0.4 is 10.9 Å². The van der Waals surface area contributed by atoms with Crippen LogP contribution in [0, 0.1) is 5.92 Å². The Balaban J connectivity index is 2.10. The molecule has 2 rings (SSSR count). The lowest BCUT2D eigenvalue weighted by molar-refractivity contribution is 0.0627. The highest BCUT2D eigenvalue weighted by molar-refractivity contribution is 5.94. The minimum atomic E-state index is -0.143. The Hall–Kier alpha value is -1.62. The normalized spacial score (nSPS) is 22.3. The molecule has 5 nitrogen and oxygen atoms in total. The first-order valence-corrected chi connectivity index (χ1v) is 7.76. The number of pyridine rings is 1. The van der Waals surface area contributed by atoms with Gasteiger partial charge in [-0.15, -0.1) is 0 Å². The van der Waals surface area contributed by atoms with Crippen LogP contribution in [-0.4, -0.2) is 41.1 Å². The van der Waals surface area contributed by atoms with Crippen molar-refractivity contribution in [2.75, 3.05) is 19.6 Å². The van der Waals surface area contributed by atoms with Crippen LogP contribution in [0.4, 0.5) is 0 Å². The van der Waals surface area contributed by atoms with Crippen LogP contribution in [0.25, 0.3) is 0 Å². The van der Waals surface area contributed by atoms with Gasteiger partial charge in [0.25, 0.3) is 11.5 Å². The van der Waals surface area contributed by atoms with Crippen molar-refractivity contribution in [3.05, 3.63) is 34.2 Å². The van der Waals surface area contributed by atoms with Crippen LogP contribution in [-0.2, 0) is 7.05 Å². The van der Waals surface area contributed by atoms with Gasteiger partial charge in [-0.05, 0) is 24.9 Å². The highest BCUT2D eigenvalue weighted by Gasteiger charge is 2.30. The Morgan fingerprint density at radius 2 is 2.19 bits per heavy atom. The molecule has 2 atom stereocenters. The summed E-state index contributed by atoms with van der Waals surface area (Å²) in [4.78, 5) is 26.1. The van der Waals surface area contributed by atoms with Crippen molar-refractivity contribution in [3.63, 3.8) is 0 Å².